The molecule has 0 aliphatic heterocycles. The molecule has 0 aliphatic rings. The Bertz CT molecular complexity index is 419. The standard InChI is InChI=1S/C12H17N3S/c1-10(12-14-7-8-15(12)2)13-6-5-11-4-3-9-16-11/h3-4,7-10,13H,5-6H2,1-2H3. The van der Waals surface area contributed by atoms with Gasteiger partial charge < -0.3 is 9.88 Å². The predicted octanol–water partition coefficient (Wildman–Crippen LogP) is 2.37. The fourth-order valence-electron chi connectivity index (χ4n) is 1.75. The fourth-order valence-corrected chi connectivity index (χ4v) is 2.46. The maximum absolute atomic E-state index is 4.33. The lowest BCUT2D eigenvalue weighted by Crippen LogP contribution is -2.23. The number of imidazole rings is 1. The fraction of sp³-hybridized carbons (Fsp3) is 0.417. The van der Waals surface area contributed by atoms with E-state index in [2.05, 4.69) is 39.3 Å². The molecule has 0 aliphatic carbocycles. The van der Waals surface area contributed by atoms with Crippen LogP contribution in [-0.4, -0.2) is 16.1 Å². The van der Waals surface area contributed by atoms with Crippen molar-refractivity contribution in [2.24, 2.45) is 7.05 Å². The summed E-state index contributed by atoms with van der Waals surface area (Å²) < 4.78 is 2.06. The Morgan fingerprint density at radius 1 is 1.56 bits per heavy atom. The molecule has 2 aromatic heterocycles. The second kappa shape index (κ2) is 5.27. The molecule has 0 bridgehead atoms. The van der Waals surface area contributed by atoms with E-state index in [0.717, 1.165) is 18.8 Å². The molecular weight excluding hydrogens is 218 g/mol. The van der Waals surface area contributed by atoms with Crippen LogP contribution in [0.3, 0.4) is 0 Å². The van der Waals surface area contributed by atoms with E-state index in [0.29, 0.717) is 6.04 Å². The smallest absolute Gasteiger partial charge is 0.125 e. The third-order valence-electron chi connectivity index (χ3n) is 2.65. The van der Waals surface area contributed by atoms with Crippen LogP contribution in [0.15, 0.2) is 29.9 Å². The van der Waals surface area contributed by atoms with Gasteiger partial charge in [0.2, 0.25) is 0 Å². The summed E-state index contributed by atoms with van der Waals surface area (Å²) in [6, 6.07) is 4.58. The van der Waals surface area contributed by atoms with Gasteiger partial charge in [-0.25, -0.2) is 4.98 Å². The number of thiophene rings is 1. The van der Waals surface area contributed by atoms with Crippen molar-refractivity contribution in [2.45, 2.75) is 19.4 Å². The van der Waals surface area contributed by atoms with Crippen molar-refractivity contribution in [1.29, 1.82) is 0 Å². The van der Waals surface area contributed by atoms with E-state index >= 15 is 0 Å². The highest BCUT2D eigenvalue weighted by Crippen LogP contribution is 2.11. The molecule has 4 heteroatoms. The van der Waals surface area contributed by atoms with Crippen molar-refractivity contribution in [3.8, 4) is 0 Å². The van der Waals surface area contributed by atoms with Gasteiger partial charge in [-0.15, -0.1) is 11.3 Å². The van der Waals surface area contributed by atoms with Gasteiger partial charge in [0.15, 0.2) is 0 Å². The maximum atomic E-state index is 4.33. The molecule has 86 valence electrons. The largest absolute Gasteiger partial charge is 0.337 e. The lowest BCUT2D eigenvalue weighted by Gasteiger charge is -2.13. The molecule has 0 aromatic carbocycles. The van der Waals surface area contributed by atoms with Crippen molar-refractivity contribution < 1.29 is 0 Å². The van der Waals surface area contributed by atoms with E-state index in [9.17, 15) is 0 Å². The minimum absolute atomic E-state index is 0.306. The minimum atomic E-state index is 0.306. The first-order valence-corrected chi connectivity index (χ1v) is 6.38. The molecule has 0 fully saturated rings. The molecule has 2 aromatic rings. The van der Waals surface area contributed by atoms with E-state index in [-0.39, 0.29) is 0 Å². The van der Waals surface area contributed by atoms with E-state index in [1.54, 1.807) is 0 Å². The Labute approximate surface area is 100 Å². The molecule has 0 saturated carbocycles. The van der Waals surface area contributed by atoms with Gasteiger partial charge in [0.1, 0.15) is 5.82 Å². The SMILES string of the molecule is CC(NCCc1cccs1)c1nccn1C. The zero-order valence-corrected chi connectivity index (χ0v) is 10.5. The summed E-state index contributed by atoms with van der Waals surface area (Å²) in [6.45, 7) is 3.14. The topological polar surface area (TPSA) is 29.9 Å². The van der Waals surface area contributed by atoms with E-state index in [4.69, 9.17) is 0 Å². The summed E-state index contributed by atoms with van der Waals surface area (Å²) in [7, 11) is 2.03. The Morgan fingerprint density at radius 3 is 3.06 bits per heavy atom. The molecule has 0 amide bonds. The summed E-state index contributed by atoms with van der Waals surface area (Å²) in [5, 5.41) is 5.61. The van der Waals surface area contributed by atoms with Crippen molar-refractivity contribution in [2.75, 3.05) is 6.54 Å². The maximum Gasteiger partial charge on any atom is 0.125 e. The third-order valence-corrected chi connectivity index (χ3v) is 3.58. The molecular formula is C12H17N3S. The number of aromatic nitrogens is 2. The van der Waals surface area contributed by atoms with Gasteiger partial charge in [-0.3, -0.25) is 0 Å². The Balaban J connectivity index is 1.80. The van der Waals surface area contributed by atoms with Crippen LogP contribution in [0.1, 0.15) is 23.7 Å². The number of rotatable bonds is 5. The van der Waals surface area contributed by atoms with Crippen LogP contribution in [0.2, 0.25) is 0 Å². The number of nitrogens with zero attached hydrogens (tertiary/aromatic N) is 2. The van der Waals surface area contributed by atoms with Crippen molar-refractivity contribution >= 4 is 11.3 Å². The highest BCUT2D eigenvalue weighted by Gasteiger charge is 2.08. The van der Waals surface area contributed by atoms with Gasteiger partial charge in [0.05, 0.1) is 6.04 Å². The zero-order chi connectivity index (χ0) is 11.4. The Kier molecular flexibility index (Phi) is 3.74. The Hall–Kier alpha value is -1.13. The number of hydrogen-bond donors (Lipinski definition) is 1. The average Bonchev–Trinajstić information content (AvgIpc) is 2.88. The second-order valence-corrected chi connectivity index (χ2v) is 4.93. The Morgan fingerprint density at radius 2 is 2.44 bits per heavy atom. The number of nitrogens with one attached hydrogen (secondary N) is 1. The van der Waals surface area contributed by atoms with E-state index in [1.807, 2.05) is 30.8 Å². The van der Waals surface area contributed by atoms with Crippen LogP contribution in [0.5, 0.6) is 0 Å². The molecule has 3 nitrogen and oxygen atoms in total. The van der Waals surface area contributed by atoms with Crippen LogP contribution in [0.4, 0.5) is 0 Å². The van der Waals surface area contributed by atoms with Crippen LogP contribution < -0.4 is 5.32 Å². The molecule has 0 spiro atoms. The zero-order valence-electron chi connectivity index (χ0n) is 9.68. The first-order valence-electron chi connectivity index (χ1n) is 5.50. The third kappa shape index (κ3) is 2.71. The molecule has 1 unspecified atom stereocenters. The van der Waals surface area contributed by atoms with E-state index in [1.165, 1.54) is 4.88 Å². The first-order chi connectivity index (χ1) is 7.77. The summed E-state index contributed by atoms with van der Waals surface area (Å²) >= 11 is 1.81. The molecule has 16 heavy (non-hydrogen) atoms. The van der Waals surface area contributed by atoms with Crippen LogP contribution in [-0.2, 0) is 13.5 Å². The van der Waals surface area contributed by atoms with Gasteiger partial charge in [0, 0.05) is 30.9 Å². The predicted molar refractivity (Wildman–Crippen MR) is 67.6 cm³/mol. The van der Waals surface area contributed by atoms with Gasteiger partial charge in [-0.1, -0.05) is 6.07 Å². The van der Waals surface area contributed by atoms with Gasteiger partial charge in [-0.05, 0) is 24.8 Å². The van der Waals surface area contributed by atoms with Crippen molar-refractivity contribution in [3.63, 3.8) is 0 Å². The van der Waals surface area contributed by atoms with Crippen LogP contribution in [0.25, 0.3) is 0 Å². The summed E-state index contributed by atoms with van der Waals surface area (Å²) in [5.41, 5.74) is 0. The monoisotopic (exact) mass is 235 g/mol. The van der Waals surface area contributed by atoms with Gasteiger partial charge in [0.25, 0.3) is 0 Å². The molecule has 2 rings (SSSR count). The first kappa shape index (κ1) is 11.4. The quantitative estimate of drug-likeness (QED) is 0.862. The van der Waals surface area contributed by atoms with Gasteiger partial charge in [-0.2, -0.15) is 0 Å². The lowest BCUT2D eigenvalue weighted by atomic mass is 10.3. The summed E-state index contributed by atoms with van der Waals surface area (Å²) in [5.74, 6) is 1.09. The van der Waals surface area contributed by atoms with Crippen molar-refractivity contribution in [1.82, 2.24) is 14.9 Å². The lowest BCUT2D eigenvalue weighted by molar-refractivity contribution is 0.534. The van der Waals surface area contributed by atoms with Crippen LogP contribution >= 0.6 is 11.3 Å². The summed E-state index contributed by atoms with van der Waals surface area (Å²) in [4.78, 5) is 5.76. The average molecular weight is 235 g/mol. The molecule has 0 radical (unpaired) electrons. The van der Waals surface area contributed by atoms with Crippen LogP contribution in [0, 0.1) is 0 Å². The number of hydrogen-bond acceptors (Lipinski definition) is 3. The second-order valence-electron chi connectivity index (χ2n) is 3.90. The highest BCUT2D eigenvalue weighted by atomic mass is 32.1. The molecule has 1 N–H and O–H groups in total. The van der Waals surface area contributed by atoms with Gasteiger partial charge >= 0.3 is 0 Å². The highest BCUT2D eigenvalue weighted by molar-refractivity contribution is 7.09. The molecule has 2 heterocycles. The number of aryl methyl sites for hydroxylation is 1. The normalized spacial score (nSPS) is 12.9. The summed E-state index contributed by atoms with van der Waals surface area (Å²) in [6.07, 6.45) is 4.91. The van der Waals surface area contributed by atoms with E-state index < -0.39 is 0 Å². The van der Waals surface area contributed by atoms with Crippen molar-refractivity contribution in [3.05, 3.63) is 40.6 Å². The molecule has 0 saturated heterocycles. The molecule has 1 atom stereocenters. The minimum Gasteiger partial charge on any atom is -0.337 e.